The van der Waals surface area contributed by atoms with Gasteiger partial charge in [-0.2, -0.15) is 0 Å². The first-order valence-electron chi connectivity index (χ1n) is 8.64. The Morgan fingerprint density at radius 1 is 1.22 bits per heavy atom. The minimum Gasteiger partial charge on any atom is -0.480 e. The van der Waals surface area contributed by atoms with Gasteiger partial charge in [0, 0.05) is 5.69 Å². The van der Waals surface area contributed by atoms with Gasteiger partial charge in [-0.05, 0) is 49.6 Å². The van der Waals surface area contributed by atoms with Crippen molar-refractivity contribution in [2.75, 3.05) is 11.9 Å². The summed E-state index contributed by atoms with van der Waals surface area (Å²) in [4.78, 5) is 37.5. The summed E-state index contributed by atoms with van der Waals surface area (Å²) >= 11 is 0. The molecule has 0 saturated carbocycles. The number of aliphatic carboxylic acids is 1. The fourth-order valence-electron chi connectivity index (χ4n) is 3.31. The summed E-state index contributed by atoms with van der Waals surface area (Å²) in [6, 6.07) is 8.75. The second-order valence-corrected chi connectivity index (χ2v) is 6.44. The number of aryl methyl sites for hydroxylation is 1. The second kappa shape index (κ2) is 7.94. The predicted octanol–water partition coefficient (Wildman–Crippen LogP) is 2.53. The monoisotopic (exact) mass is 371 g/mol. The molecule has 1 aromatic carbocycles. The van der Waals surface area contributed by atoms with Crippen molar-refractivity contribution < 1.29 is 23.9 Å². The number of furan rings is 1. The lowest BCUT2D eigenvalue weighted by Gasteiger charge is -2.27. The van der Waals surface area contributed by atoms with E-state index in [1.165, 1.54) is 11.2 Å². The molecule has 0 unspecified atom stereocenters. The summed E-state index contributed by atoms with van der Waals surface area (Å²) in [6.45, 7) is 1.60. The van der Waals surface area contributed by atoms with Gasteiger partial charge >= 0.3 is 12.0 Å². The zero-order valence-corrected chi connectivity index (χ0v) is 14.8. The smallest absolute Gasteiger partial charge is 0.326 e. The van der Waals surface area contributed by atoms with E-state index in [9.17, 15) is 19.5 Å². The highest BCUT2D eigenvalue weighted by molar-refractivity contribution is 5.93. The van der Waals surface area contributed by atoms with Gasteiger partial charge in [-0.1, -0.05) is 12.1 Å². The fraction of sp³-hybridized carbons (Fsp3) is 0.316. The van der Waals surface area contributed by atoms with Gasteiger partial charge in [0.15, 0.2) is 0 Å². The van der Waals surface area contributed by atoms with Crippen molar-refractivity contribution in [2.45, 2.75) is 31.8 Å². The molecule has 0 aliphatic carbocycles. The molecule has 1 saturated heterocycles. The second-order valence-electron chi connectivity index (χ2n) is 6.44. The molecular formula is C19H21N3O5. The van der Waals surface area contributed by atoms with Gasteiger partial charge in [-0.3, -0.25) is 4.79 Å². The zero-order valence-electron chi connectivity index (χ0n) is 14.8. The summed E-state index contributed by atoms with van der Waals surface area (Å²) < 4.78 is 5.36. The molecule has 2 heterocycles. The van der Waals surface area contributed by atoms with E-state index in [1.807, 2.05) is 19.1 Å². The molecule has 3 amide bonds. The number of carboxylic acids is 1. The molecule has 8 nitrogen and oxygen atoms in total. The predicted molar refractivity (Wildman–Crippen MR) is 97.2 cm³/mol. The molecule has 142 valence electrons. The van der Waals surface area contributed by atoms with E-state index >= 15 is 0 Å². The van der Waals surface area contributed by atoms with Crippen LogP contribution in [0.1, 0.15) is 30.2 Å². The van der Waals surface area contributed by atoms with Crippen LogP contribution in [0.25, 0.3) is 0 Å². The van der Waals surface area contributed by atoms with Crippen LogP contribution < -0.4 is 10.6 Å². The van der Waals surface area contributed by atoms with Gasteiger partial charge in [0.25, 0.3) is 0 Å². The maximum absolute atomic E-state index is 12.7. The molecule has 1 aliphatic heterocycles. The first-order chi connectivity index (χ1) is 13.0. The molecular weight excluding hydrogens is 350 g/mol. The molecule has 0 radical (unpaired) electrons. The Morgan fingerprint density at radius 2 is 2.04 bits per heavy atom. The van der Waals surface area contributed by atoms with Gasteiger partial charge in [-0.25, -0.2) is 9.59 Å². The largest absolute Gasteiger partial charge is 0.480 e. The van der Waals surface area contributed by atoms with Crippen LogP contribution >= 0.6 is 0 Å². The fourth-order valence-corrected chi connectivity index (χ4v) is 3.31. The van der Waals surface area contributed by atoms with Crippen LogP contribution in [0.2, 0.25) is 0 Å². The molecule has 2 atom stereocenters. The van der Waals surface area contributed by atoms with Crippen LogP contribution in [-0.2, 0) is 9.59 Å². The number of benzene rings is 1. The molecule has 27 heavy (non-hydrogen) atoms. The van der Waals surface area contributed by atoms with Gasteiger partial charge in [-0.15, -0.1) is 0 Å². The van der Waals surface area contributed by atoms with Gasteiger partial charge in [0.1, 0.15) is 11.8 Å². The van der Waals surface area contributed by atoms with Crippen LogP contribution in [0.15, 0.2) is 47.1 Å². The standard InChI is InChI=1S/C19H21N3O5/c1-12-4-2-5-13(10-12)21-19(26)20-11-17(23)22-14(16-6-3-9-27-16)7-8-15(22)18(24)25/h2-6,9-10,14-15H,7-8,11H2,1H3,(H,24,25)(H2,20,21,26)/t14-,15+/m1/s1. The number of hydrogen-bond donors (Lipinski definition) is 3. The van der Waals surface area contributed by atoms with E-state index in [2.05, 4.69) is 10.6 Å². The highest BCUT2D eigenvalue weighted by Gasteiger charge is 2.42. The highest BCUT2D eigenvalue weighted by atomic mass is 16.4. The molecule has 2 aromatic rings. The number of urea groups is 1. The lowest BCUT2D eigenvalue weighted by Crippen LogP contribution is -2.47. The quantitative estimate of drug-likeness (QED) is 0.748. The maximum atomic E-state index is 12.7. The third-order valence-corrected chi connectivity index (χ3v) is 4.51. The van der Waals surface area contributed by atoms with E-state index in [-0.39, 0.29) is 6.54 Å². The van der Waals surface area contributed by atoms with Crippen LogP contribution in [-0.4, -0.2) is 40.5 Å². The van der Waals surface area contributed by atoms with Gasteiger partial charge in [0.05, 0.1) is 18.8 Å². The average Bonchev–Trinajstić information content (AvgIpc) is 3.28. The molecule has 3 N–H and O–H groups in total. The number of nitrogens with one attached hydrogen (secondary N) is 2. The van der Waals surface area contributed by atoms with Crippen molar-refractivity contribution in [2.24, 2.45) is 0 Å². The summed E-state index contributed by atoms with van der Waals surface area (Å²) in [6.07, 6.45) is 2.31. The van der Waals surface area contributed by atoms with Crippen LogP contribution in [0.3, 0.4) is 0 Å². The Labute approximate surface area is 156 Å². The minimum absolute atomic E-state index is 0.307. The van der Waals surface area contributed by atoms with E-state index in [4.69, 9.17) is 4.42 Å². The Kier molecular flexibility index (Phi) is 5.44. The van der Waals surface area contributed by atoms with Crippen LogP contribution in [0.5, 0.6) is 0 Å². The van der Waals surface area contributed by atoms with E-state index < -0.39 is 30.0 Å². The Balaban J connectivity index is 1.63. The number of anilines is 1. The van der Waals surface area contributed by atoms with Crippen molar-refractivity contribution in [3.8, 4) is 0 Å². The summed E-state index contributed by atoms with van der Waals surface area (Å²) in [5.74, 6) is -1.00. The molecule has 3 rings (SSSR count). The first kappa shape index (κ1) is 18.5. The molecule has 1 fully saturated rings. The summed E-state index contributed by atoms with van der Waals surface area (Å²) in [7, 11) is 0. The summed E-state index contributed by atoms with van der Waals surface area (Å²) in [5, 5.41) is 14.6. The number of rotatable bonds is 5. The summed E-state index contributed by atoms with van der Waals surface area (Å²) in [5.41, 5.74) is 1.60. The number of carboxylic acid groups (broad SMARTS) is 1. The Morgan fingerprint density at radius 3 is 2.70 bits per heavy atom. The lowest BCUT2D eigenvalue weighted by molar-refractivity contribution is -0.149. The minimum atomic E-state index is -1.07. The van der Waals surface area contributed by atoms with Crippen molar-refractivity contribution in [3.05, 3.63) is 54.0 Å². The molecule has 8 heteroatoms. The van der Waals surface area contributed by atoms with Crippen LogP contribution in [0.4, 0.5) is 10.5 Å². The lowest BCUT2D eigenvalue weighted by atomic mass is 10.1. The van der Waals surface area contributed by atoms with Crippen LogP contribution in [0, 0.1) is 6.92 Å². The first-order valence-corrected chi connectivity index (χ1v) is 8.64. The molecule has 0 spiro atoms. The number of carbonyl (C=O) groups excluding carboxylic acids is 2. The zero-order chi connectivity index (χ0) is 19.4. The van der Waals surface area contributed by atoms with Crippen molar-refractivity contribution in [1.29, 1.82) is 0 Å². The Bertz CT molecular complexity index is 834. The van der Waals surface area contributed by atoms with E-state index in [0.717, 1.165) is 5.56 Å². The van der Waals surface area contributed by atoms with Crippen molar-refractivity contribution in [1.82, 2.24) is 10.2 Å². The topological polar surface area (TPSA) is 112 Å². The third kappa shape index (κ3) is 4.28. The van der Waals surface area contributed by atoms with E-state index in [0.29, 0.717) is 24.3 Å². The maximum Gasteiger partial charge on any atom is 0.326 e. The normalized spacial score (nSPS) is 18.9. The number of likely N-dealkylation sites (tertiary alicyclic amines) is 1. The number of amides is 3. The average molecular weight is 371 g/mol. The van der Waals surface area contributed by atoms with Crippen molar-refractivity contribution in [3.63, 3.8) is 0 Å². The number of nitrogens with zero attached hydrogens (tertiary/aromatic N) is 1. The highest BCUT2D eigenvalue weighted by Crippen LogP contribution is 2.36. The number of hydrogen-bond acceptors (Lipinski definition) is 4. The Hall–Kier alpha value is -3.29. The third-order valence-electron chi connectivity index (χ3n) is 4.51. The molecule has 1 aromatic heterocycles. The van der Waals surface area contributed by atoms with Gasteiger partial charge in [0.2, 0.25) is 5.91 Å². The SMILES string of the molecule is Cc1cccc(NC(=O)NCC(=O)N2[C@@H](c3ccco3)CC[C@H]2C(=O)O)c1. The molecule has 0 bridgehead atoms. The van der Waals surface area contributed by atoms with Crippen molar-refractivity contribution >= 4 is 23.6 Å². The van der Waals surface area contributed by atoms with Gasteiger partial charge < -0.3 is 25.1 Å². The molecule has 1 aliphatic rings. The van der Waals surface area contributed by atoms with E-state index in [1.54, 1.807) is 24.3 Å². The number of carbonyl (C=O) groups is 3.